The van der Waals surface area contributed by atoms with Crippen LogP contribution in [0.15, 0.2) is 22.7 Å². The molecule has 1 saturated carbocycles. The molecule has 1 aromatic rings. The lowest BCUT2D eigenvalue weighted by Crippen LogP contribution is -2.40. The zero-order chi connectivity index (χ0) is 14.0. The van der Waals surface area contributed by atoms with E-state index in [-0.39, 0.29) is 12.6 Å². The fourth-order valence-electron chi connectivity index (χ4n) is 1.68. The molecule has 0 radical (unpaired) electrons. The predicted octanol–water partition coefficient (Wildman–Crippen LogP) is 3.18. The number of hydrogen-bond donors (Lipinski definition) is 2. The van der Waals surface area contributed by atoms with Crippen molar-refractivity contribution in [3.8, 4) is 0 Å². The van der Waals surface area contributed by atoms with Crippen molar-refractivity contribution < 1.29 is 14.7 Å². The first-order valence-electron chi connectivity index (χ1n) is 5.72. The summed E-state index contributed by atoms with van der Waals surface area (Å²) < 4.78 is 0.781. The molecule has 2 amide bonds. The van der Waals surface area contributed by atoms with Gasteiger partial charge < -0.3 is 15.3 Å². The Morgan fingerprint density at radius 1 is 1.47 bits per heavy atom. The van der Waals surface area contributed by atoms with E-state index in [1.165, 1.54) is 4.90 Å². The van der Waals surface area contributed by atoms with Crippen LogP contribution in [0.2, 0.25) is 5.02 Å². The van der Waals surface area contributed by atoms with Gasteiger partial charge in [-0.15, -0.1) is 0 Å². The van der Waals surface area contributed by atoms with Crippen LogP contribution in [0.5, 0.6) is 0 Å². The van der Waals surface area contributed by atoms with Crippen molar-refractivity contribution in [2.75, 3.05) is 11.9 Å². The van der Waals surface area contributed by atoms with Gasteiger partial charge in [-0.3, -0.25) is 4.79 Å². The Kier molecular flexibility index (Phi) is 4.31. The third-order valence-corrected chi connectivity index (χ3v) is 3.55. The van der Waals surface area contributed by atoms with Gasteiger partial charge in [0.05, 0.1) is 10.7 Å². The fourth-order valence-corrected chi connectivity index (χ4v) is 2.20. The number of hydrogen-bond acceptors (Lipinski definition) is 2. The number of urea groups is 1. The smallest absolute Gasteiger partial charge is 0.323 e. The Bertz CT molecular complexity index is 520. The SMILES string of the molecule is O=C(O)CN(C(=O)Nc1cc(Br)ccc1Cl)C1CC1. The molecule has 102 valence electrons. The Balaban J connectivity index is 2.10. The molecule has 0 aliphatic heterocycles. The maximum atomic E-state index is 12.1. The Labute approximate surface area is 123 Å². The normalized spacial score (nSPS) is 14.0. The molecule has 0 unspecified atom stereocenters. The van der Waals surface area contributed by atoms with Crippen LogP contribution >= 0.6 is 27.5 Å². The minimum atomic E-state index is -1.03. The molecule has 1 aliphatic carbocycles. The van der Waals surface area contributed by atoms with E-state index < -0.39 is 12.0 Å². The number of aliphatic carboxylic acids is 1. The fraction of sp³-hybridized carbons (Fsp3) is 0.333. The minimum Gasteiger partial charge on any atom is -0.480 e. The van der Waals surface area contributed by atoms with Crippen LogP contribution in [0.3, 0.4) is 0 Å². The van der Waals surface area contributed by atoms with E-state index in [4.69, 9.17) is 16.7 Å². The molecule has 0 heterocycles. The number of carbonyl (C=O) groups excluding carboxylic acids is 1. The van der Waals surface area contributed by atoms with Gasteiger partial charge in [-0.2, -0.15) is 0 Å². The summed E-state index contributed by atoms with van der Waals surface area (Å²) in [6, 6.07) is 4.66. The van der Waals surface area contributed by atoms with Gasteiger partial charge in [0.25, 0.3) is 0 Å². The molecular formula is C12H12BrClN2O3. The number of nitrogens with zero attached hydrogens (tertiary/aromatic N) is 1. The molecule has 7 heteroatoms. The van der Waals surface area contributed by atoms with E-state index in [9.17, 15) is 9.59 Å². The average molecular weight is 348 g/mol. The third kappa shape index (κ3) is 3.84. The molecule has 5 nitrogen and oxygen atoms in total. The second-order valence-corrected chi connectivity index (χ2v) is 5.63. The van der Waals surface area contributed by atoms with E-state index in [2.05, 4.69) is 21.2 Å². The second-order valence-electron chi connectivity index (χ2n) is 4.31. The number of carbonyl (C=O) groups is 2. The van der Waals surface area contributed by atoms with Gasteiger partial charge in [0.2, 0.25) is 0 Å². The lowest BCUT2D eigenvalue weighted by Gasteiger charge is -2.21. The standard InChI is InChI=1S/C12H12BrClN2O3/c13-7-1-4-9(14)10(5-7)15-12(19)16(6-11(17)18)8-2-3-8/h1,4-5,8H,2-3,6H2,(H,15,19)(H,17,18). The highest BCUT2D eigenvalue weighted by Gasteiger charge is 2.34. The largest absolute Gasteiger partial charge is 0.480 e. The van der Waals surface area contributed by atoms with Crippen molar-refractivity contribution in [3.05, 3.63) is 27.7 Å². The summed E-state index contributed by atoms with van der Waals surface area (Å²) in [5, 5.41) is 11.9. The van der Waals surface area contributed by atoms with Crippen LogP contribution in [-0.2, 0) is 4.79 Å². The van der Waals surface area contributed by atoms with Crippen LogP contribution < -0.4 is 5.32 Å². The van der Waals surface area contributed by atoms with Crippen molar-refractivity contribution in [1.82, 2.24) is 4.90 Å². The molecule has 0 spiro atoms. The molecule has 0 bridgehead atoms. The first-order valence-corrected chi connectivity index (χ1v) is 6.89. The summed E-state index contributed by atoms with van der Waals surface area (Å²) in [7, 11) is 0. The maximum absolute atomic E-state index is 12.1. The molecule has 1 aliphatic rings. The monoisotopic (exact) mass is 346 g/mol. The summed E-state index contributed by atoms with van der Waals surface area (Å²) in [6.07, 6.45) is 1.68. The number of rotatable bonds is 4. The summed E-state index contributed by atoms with van der Waals surface area (Å²) >= 11 is 9.26. The number of benzene rings is 1. The first kappa shape index (κ1) is 14.1. The molecule has 19 heavy (non-hydrogen) atoms. The second kappa shape index (κ2) is 5.79. The van der Waals surface area contributed by atoms with E-state index in [1.54, 1.807) is 18.2 Å². The van der Waals surface area contributed by atoms with Crippen LogP contribution in [0.4, 0.5) is 10.5 Å². The molecule has 1 aromatic carbocycles. The van der Waals surface area contributed by atoms with Gasteiger partial charge in [-0.25, -0.2) is 4.79 Å². The van der Waals surface area contributed by atoms with Gasteiger partial charge in [-0.05, 0) is 31.0 Å². The van der Waals surface area contributed by atoms with E-state index >= 15 is 0 Å². The molecule has 2 rings (SSSR count). The van der Waals surface area contributed by atoms with Gasteiger partial charge >= 0.3 is 12.0 Å². The zero-order valence-corrected chi connectivity index (χ0v) is 12.2. The highest BCUT2D eigenvalue weighted by molar-refractivity contribution is 9.10. The average Bonchev–Trinajstić information content (AvgIpc) is 3.14. The highest BCUT2D eigenvalue weighted by Crippen LogP contribution is 2.29. The topological polar surface area (TPSA) is 69.6 Å². The molecule has 0 aromatic heterocycles. The Morgan fingerprint density at radius 2 is 2.16 bits per heavy atom. The van der Waals surface area contributed by atoms with Crippen molar-refractivity contribution in [1.29, 1.82) is 0 Å². The minimum absolute atomic E-state index is 0.0158. The van der Waals surface area contributed by atoms with Crippen molar-refractivity contribution in [3.63, 3.8) is 0 Å². The number of carboxylic acids is 1. The number of anilines is 1. The number of carboxylic acid groups (broad SMARTS) is 1. The lowest BCUT2D eigenvalue weighted by molar-refractivity contribution is -0.137. The summed E-state index contributed by atoms with van der Waals surface area (Å²) in [5.74, 6) is -1.03. The zero-order valence-electron chi connectivity index (χ0n) is 9.90. The van der Waals surface area contributed by atoms with Gasteiger partial charge in [0, 0.05) is 10.5 Å². The molecule has 1 fully saturated rings. The molecule has 0 saturated heterocycles. The maximum Gasteiger partial charge on any atom is 0.323 e. The first-order chi connectivity index (χ1) is 8.97. The van der Waals surface area contributed by atoms with E-state index in [1.807, 2.05) is 0 Å². The quantitative estimate of drug-likeness (QED) is 0.879. The van der Waals surface area contributed by atoms with E-state index in [0.29, 0.717) is 10.7 Å². The van der Waals surface area contributed by atoms with E-state index in [0.717, 1.165) is 17.3 Å². The number of nitrogens with one attached hydrogen (secondary N) is 1. The van der Waals surface area contributed by atoms with Crippen molar-refractivity contribution >= 4 is 45.2 Å². The number of halogens is 2. The number of amides is 2. The molecular weight excluding hydrogens is 336 g/mol. The predicted molar refractivity (Wildman–Crippen MR) is 75.5 cm³/mol. The van der Waals surface area contributed by atoms with Gasteiger partial charge in [-0.1, -0.05) is 27.5 Å². The van der Waals surface area contributed by atoms with Crippen molar-refractivity contribution in [2.45, 2.75) is 18.9 Å². The lowest BCUT2D eigenvalue weighted by atomic mass is 10.3. The van der Waals surface area contributed by atoms with Crippen molar-refractivity contribution in [2.24, 2.45) is 0 Å². The summed E-state index contributed by atoms with van der Waals surface area (Å²) in [6.45, 7) is -0.303. The van der Waals surface area contributed by atoms with Crippen LogP contribution in [-0.4, -0.2) is 34.6 Å². The van der Waals surface area contributed by atoms with Gasteiger partial charge in [0.1, 0.15) is 6.54 Å². The Morgan fingerprint density at radius 3 is 2.74 bits per heavy atom. The van der Waals surface area contributed by atoms with Crippen LogP contribution in [0.25, 0.3) is 0 Å². The van der Waals surface area contributed by atoms with Crippen LogP contribution in [0, 0.1) is 0 Å². The molecule has 2 N–H and O–H groups in total. The summed E-state index contributed by atoms with van der Waals surface area (Å²) in [5.41, 5.74) is 0.456. The van der Waals surface area contributed by atoms with Gasteiger partial charge in [0.15, 0.2) is 0 Å². The molecule has 0 atom stereocenters. The van der Waals surface area contributed by atoms with Crippen LogP contribution in [0.1, 0.15) is 12.8 Å². The highest BCUT2D eigenvalue weighted by atomic mass is 79.9. The Hall–Kier alpha value is -1.27. The third-order valence-electron chi connectivity index (χ3n) is 2.72. The summed E-state index contributed by atoms with van der Waals surface area (Å²) in [4.78, 5) is 24.2.